The summed E-state index contributed by atoms with van der Waals surface area (Å²) in [6.45, 7) is 1.58. The third kappa shape index (κ3) is 3.47. The van der Waals surface area contributed by atoms with E-state index >= 15 is 0 Å². The van der Waals surface area contributed by atoms with Crippen molar-refractivity contribution in [2.75, 3.05) is 13.2 Å². The summed E-state index contributed by atoms with van der Waals surface area (Å²) in [7, 11) is 0. The van der Waals surface area contributed by atoms with Gasteiger partial charge in [0.1, 0.15) is 5.54 Å². The van der Waals surface area contributed by atoms with E-state index in [2.05, 4.69) is 11.4 Å². The van der Waals surface area contributed by atoms with E-state index in [1.807, 2.05) is 0 Å². The lowest BCUT2D eigenvalue weighted by molar-refractivity contribution is -0.0422. The Morgan fingerprint density at radius 3 is 2.84 bits per heavy atom. The number of nitrogens with one attached hydrogen (secondary N) is 1. The molecule has 4 heteroatoms. The number of hydrogen-bond acceptors (Lipinski definition) is 4. The van der Waals surface area contributed by atoms with Crippen molar-refractivity contribution < 1.29 is 9.47 Å². The van der Waals surface area contributed by atoms with Crippen molar-refractivity contribution >= 4 is 0 Å². The van der Waals surface area contributed by atoms with Gasteiger partial charge in [0.05, 0.1) is 24.9 Å². The van der Waals surface area contributed by atoms with Crippen LogP contribution in [0.4, 0.5) is 0 Å². The average molecular weight is 264 g/mol. The predicted octanol–water partition coefficient (Wildman–Crippen LogP) is 2.14. The number of hydrogen-bond donors (Lipinski definition) is 1. The molecular weight excluding hydrogens is 240 g/mol. The number of rotatable bonds is 5. The van der Waals surface area contributed by atoms with Crippen LogP contribution >= 0.6 is 0 Å². The van der Waals surface area contributed by atoms with Crippen LogP contribution in [0.1, 0.15) is 51.4 Å². The van der Waals surface area contributed by atoms with E-state index in [0.717, 1.165) is 45.1 Å². The molecule has 106 valence electrons. The minimum atomic E-state index is -0.333. The van der Waals surface area contributed by atoms with Gasteiger partial charge in [-0.1, -0.05) is 0 Å². The molecule has 0 aromatic rings. The summed E-state index contributed by atoms with van der Waals surface area (Å²) in [5, 5.41) is 13.1. The molecule has 1 aliphatic heterocycles. The normalized spacial score (nSPS) is 39.1. The maximum Gasteiger partial charge on any atom is 0.109 e. The Bertz CT molecular complexity index is 345. The molecule has 19 heavy (non-hydrogen) atoms. The molecule has 0 bridgehead atoms. The van der Waals surface area contributed by atoms with Gasteiger partial charge in [0.25, 0.3) is 0 Å². The Morgan fingerprint density at radius 2 is 2.16 bits per heavy atom. The SMILES string of the molecule is N#CC1(NC2CC2)CCCC(OCC2CCCO2)C1. The van der Waals surface area contributed by atoms with E-state index in [4.69, 9.17) is 9.47 Å². The molecule has 3 rings (SSSR count). The van der Waals surface area contributed by atoms with Gasteiger partial charge in [-0.25, -0.2) is 0 Å². The van der Waals surface area contributed by atoms with E-state index in [1.165, 1.54) is 12.8 Å². The monoisotopic (exact) mass is 264 g/mol. The fourth-order valence-electron chi connectivity index (χ4n) is 3.27. The molecule has 0 radical (unpaired) electrons. The molecule has 0 aromatic heterocycles. The zero-order valence-corrected chi connectivity index (χ0v) is 11.6. The van der Waals surface area contributed by atoms with Crippen molar-refractivity contribution in [2.45, 2.75) is 75.2 Å². The third-order valence-electron chi connectivity index (χ3n) is 4.52. The molecule has 0 amide bonds. The van der Waals surface area contributed by atoms with Crippen LogP contribution in [0.25, 0.3) is 0 Å². The third-order valence-corrected chi connectivity index (χ3v) is 4.52. The van der Waals surface area contributed by atoms with Crippen LogP contribution in [0.5, 0.6) is 0 Å². The fourth-order valence-corrected chi connectivity index (χ4v) is 3.27. The lowest BCUT2D eigenvalue weighted by Gasteiger charge is -2.36. The largest absolute Gasteiger partial charge is 0.376 e. The molecule has 1 saturated heterocycles. The van der Waals surface area contributed by atoms with Crippen molar-refractivity contribution in [3.05, 3.63) is 0 Å². The number of nitriles is 1. The molecule has 3 atom stereocenters. The summed E-state index contributed by atoms with van der Waals surface area (Å²) in [4.78, 5) is 0. The first-order chi connectivity index (χ1) is 9.30. The van der Waals surface area contributed by atoms with E-state index < -0.39 is 0 Å². The van der Waals surface area contributed by atoms with Crippen LogP contribution < -0.4 is 5.32 Å². The lowest BCUT2D eigenvalue weighted by atomic mass is 9.81. The van der Waals surface area contributed by atoms with Crippen molar-refractivity contribution in [3.8, 4) is 6.07 Å². The van der Waals surface area contributed by atoms with Gasteiger partial charge in [0.2, 0.25) is 0 Å². The number of nitrogens with zero attached hydrogens (tertiary/aromatic N) is 1. The van der Waals surface area contributed by atoms with Gasteiger partial charge >= 0.3 is 0 Å². The van der Waals surface area contributed by atoms with Crippen molar-refractivity contribution in [3.63, 3.8) is 0 Å². The van der Waals surface area contributed by atoms with E-state index in [-0.39, 0.29) is 17.7 Å². The second-order valence-electron chi connectivity index (χ2n) is 6.30. The Hall–Kier alpha value is -0.630. The molecule has 1 N–H and O–H groups in total. The summed E-state index contributed by atoms with van der Waals surface area (Å²) in [5.74, 6) is 0. The van der Waals surface area contributed by atoms with E-state index in [1.54, 1.807) is 0 Å². The highest BCUT2D eigenvalue weighted by molar-refractivity contribution is 5.12. The summed E-state index contributed by atoms with van der Waals surface area (Å²) in [6, 6.07) is 3.10. The van der Waals surface area contributed by atoms with Crippen molar-refractivity contribution in [1.82, 2.24) is 5.32 Å². The van der Waals surface area contributed by atoms with Crippen LogP contribution in [0.2, 0.25) is 0 Å². The van der Waals surface area contributed by atoms with E-state index in [0.29, 0.717) is 12.6 Å². The summed E-state index contributed by atoms with van der Waals surface area (Å²) in [6.07, 6.45) is 9.23. The van der Waals surface area contributed by atoms with Crippen LogP contribution in [0.3, 0.4) is 0 Å². The summed E-state index contributed by atoms with van der Waals surface area (Å²) < 4.78 is 11.6. The molecular formula is C15H24N2O2. The van der Waals surface area contributed by atoms with Gasteiger partial charge in [-0.2, -0.15) is 5.26 Å². The zero-order valence-electron chi connectivity index (χ0n) is 11.6. The molecule has 1 heterocycles. The Morgan fingerprint density at radius 1 is 1.26 bits per heavy atom. The standard InChI is InChI=1S/C15H24N2O2/c16-11-15(17-12-5-6-12)7-1-3-13(9-15)19-10-14-4-2-8-18-14/h12-14,17H,1-10H2. The molecule has 3 unspecified atom stereocenters. The predicted molar refractivity (Wildman–Crippen MR) is 71.7 cm³/mol. The molecule has 0 spiro atoms. The maximum atomic E-state index is 9.52. The molecule has 2 aliphatic carbocycles. The van der Waals surface area contributed by atoms with Gasteiger partial charge in [0, 0.05) is 19.1 Å². The van der Waals surface area contributed by atoms with Crippen LogP contribution in [-0.2, 0) is 9.47 Å². The van der Waals surface area contributed by atoms with Crippen LogP contribution in [-0.4, -0.2) is 37.0 Å². The van der Waals surface area contributed by atoms with Gasteiger partial charge in [-0.15, -0.1) is 0 Å². The minimum absolute atomic E-state index is 0.226. The maximum absolute atomic E-state index is 9.52. The number of ether oxygens (including phenoxy) is 2. The van der Waals surface area contributed by atoms with Crippen molar-refractivity contribution in [1.29, 1.82) is 5.26 Å². The Balaban J connectivity index is 1.49. The van der Waals surface area contributed by atoms with Gasteiger partial charge in [-0.3, -0.25) is 5.32 Å². The zero-order chi connectivity index (χ0) is 13.1. The topological polar surface area (TPSA) is 54.3 Å². The summed E-state index contributed by atoms with van der Waals surface area (Å²) >= 11 is 0. The Kier molecular flexibility index (Phi) is 4.07. The van der Waals surface area contributed by atoms with Crippen molar-refractivity contribution in [2.24, 2.45) is 0 Å². The quantitative estimate of drug-likeness (QED) is 0.826. The molecule has 0 aromatic carbocycles. The second kappa shape index (κ2) is 5.78. The first-order valence-corrected chi connectivity index (χ1v) is 7.72. The summed E-state index contributed by atoms with van der Waals surface area (Å²) in [5.41, 5.74) is -0.333. The lowest BCUT2D eigenvalue weighted by Crippen LogP contribution is -2.50. The van der Waals surface area contributed by atoms with Gasteiger partial charge < -0.3 is 9.47 Å². The highest BCUT2D eigenvalue weighted by atomic mass is 16.5. The molecule has 4 nitrogen and oxygen atoms in total. The van der Waals surface area contributed by atoms with E-state index in [9.17, 15) is 5.26 Å². The molecule has 3 aliphatic rings. The molecule has 3 fully saturated rings. The first-order valence-electron chi connectivity index (χ1n) is 7.72. The minimum Gasteiger partial charge on any atom is -0.376 e. The molecule has 2 saturated carbocycles. The second-order valence-corrected chi connectivity index (χ2v) is 6.30. The highest BCUT2D eigenvalue weighted by Crippen LogP contribution is 2.33. The average Bonchev–Trinajstić information content (AvgIpc) is 3.08. The van der Waals surface area contributed by atoms with Gasteiger partial charge in [-0.05, 0) is 44.9 Å². The highest BCUT2D eigenvalue weighted by Gasteiger charge is 2.41. The smallest absolute Gasteiger partial charge is 0.109 e. The fraction of sp³-hybridized carbons (Fsp3) is 0.933. The van der Waals surface area contributed by atoms with Crippen LogP contribution in [0.15, 0.2) is 0 Å². The first kappa shape index (κ1) is 13.4. The Labute approximate surface area is 115 Å². The van der Waals surface area contributed by atoms with Gasteiger partial charge in [0.15, 0.2) is 0 Å². The van der Waals surface area contributed by atoms with Crippen LogP contribution in [0, 0.1) is 11.3 Å².